The molecule has 1 fully saturated rings. The topological polar surface area (TPSA) is 79.7 Å². The highest BCUT2D eigenvalue weighted by Gasteiger charge is 2.25. The van der Waals surface area contributed by atoms with E-state index in [1.807, 2.05) is 40.8 Å². The minimum atomic E-state index is 0.101. The van der Waals surface area contributed by atoms with Crippen LogP contribution in [0.4, 0.5) is 0 Å². The molecule has 140 valence electrons. The molecular formula is C20H24N6O. The molecule has 1 aliphatic rings. The van der Waals surface area contributed by atoms with Crippen LogP contribution < -0.4 is 0 Å². The summed E-state index contributed by atoms with van der Waals surface area (Å²) in [5.41, 5.74) is 4.04. The van der Waals surface area contributed by atoms with E-state index in [9.17, 15) is 4.79 Å². The fourth-order valence-electron chi connectivity index (χ4n) is 3.71. The number of carbonyl (C=O) groups is 1. The predicted molar refractivity (Wildman–Crippen MR) is 102 cm³/mol. The van der Waals surface area contributed by atoms with Crippen LogP contribution in [0.25, 0.3) is 0 Å². The average molecular weight is 364 g/mol. The van der Waals surface area contributed by atoms with E-state index in [1.54, 1.807) is 6.33 Å². The number of nitrogens with one attached hydrogen (secondary N) is 1. The maximum absolute atomic E-state index is 12.8. The largest absolute Gasteiger partial charge is 0.339 e. The normalized spacial score (nSPS) is 15.3. The Labute approximate surface area is 158 Å². The number of nitrogens with zero attached hydrogens (tertiary/aromatic N) is 5. The molecule has 1 amide bonds. The molecule has 0 radical (unpaired) electrons. The number of rotatable bonds is 4. The van der Waals surface area contributed by atoms with Gasteiger partial charge in [0.1, 0.15) is 12.2 Å². The minimum absolute atomic E-state index is 0.101. The molecule has 3 heterocycles. The van der Waals surface area contributed by atoms with Crippen molar-refractivity contribution in [1.82, 2.24) is 29.9 Å². The number of hydrogen-bond acceptors (Lipinski definition) is 4. The number of amides is 1. The van der Waals surface area contributed by atoms with E-state index in [0.717, 1.165) is 60.8 Å². The standard InChI is InChI=1S/C20H24N6O/c1-14-11-15(2)26(24-14)12-16-3-5-18(6-4-16)20(27)25-9-7-17(8-10-25)19-21-13-22-23-19/h3-6,11,13,17H,7-10,12H2,1-2H3,(H,21,22,23). The number of carbonyl (C=O) groups excluding carboxylic acids is 1. The third kappa shape index (κ3) is 3.77. The Morgan fingerprint density at radius 2 is 1.93 bits per heavy atom. The summed E-state index contributed by atoms with van der Waals surface area (Å²) in [6.45, 7) is 6.27. The lowest BCUT2D eigenvalue weighted by Gasteiger charge is -2.31. The fraction of sp³-hybridized carbons (Fsp3) is 0.400. The zero-order chi connectivity index (χ0) is 18.8. The molecule has 3 aromatic rings. The van der Waals surface area contributed by atoms with Crippen molar-refractivity contribution in [3.63, 3.8) is 0 Å². The molecule has 0 bridgehead atoms. The van der Waals surface area contributed by atoms with E-state index in [0.29, 0.717) is 5.92 Å². The molecule has 0 unspecified atom stereocenters. The van der Waals surface area contributed by atoms with E-state index < -0.39 is 0 Å². The Bertz CT molecular complexity index is 905. The summed E-state index contributed by atoms with van der Waals surface area (Å²) in [6, 6.07) is 9.95. The Morgan fingerprint density at radius 3 is 2.52 bits per heavy atom. The monoisotopic (exact) mass is 364 g/mol. The molecule has 1 saturated heterocycles. The van der Waals surface area contributed by atoms with Crippen molar-refractivity contribution in [1.29, 1.82) is 0 Å². The van der Waals surface area contributed by atoms with Gasteiger partial charge in [-0.1, -0.05) is 12.1 Å². The summed E-state index contributed by atoms with van der Waals surface area (Å²) in [5, 5.41) is 11.4. The molecule has 1 aromatic carbocycles. The van der Waals surface area contributed by atoms with Gasteiger partial charge in [0, 0.05) is 30.3 Å². The first-order valence-corrected chi connectivity index (χ1v) is 9.34. The highest BCUT2D eigenvalue weighted by molar-refractivity contribution is 5.94. The van der Waals surface area contributed by atoms with Crippen LogP contribution >= 0.6 is 0 Å². The number of H-pyrrole nitrogens is 1. The van der Waals surface area contributed by atoms with Gasteiger partial charge in [-0.3, -0.25) is 14.6 Å². The summed E-state index contributed by atoms with van der Waals surface area (Å²) in [7, 11) is 0. The molecule has 2 aromatic heterocycles. The number of likely N-dealkylation sites (tertiary alicyclic amines) is 1. The van der Waals surface area contributed by atoms with E-state index in [4.69, 9.17) is 0 Å². The SMILES string of the molecule is Cc1cc(C)n(Cc2ccc(C(=O)N3CCC(c4ncn[nH]4)CC3)cc2)n1. The first kappa shape index (κ1) is 17.5. The third-order valence-electron chi connectivity index (χ3n) is 5.24. The fourth-order valence-corrected chi connectivity index (χ4v) is 3.71. The van der Waals surface area contributed by atoms with Crippen molar-refractivity contribution < 1.29 is 4.79 Å². The van der Waals surface area contributed by atoms with E-state index >= 15 is 0 Å². The van der Waals surface area contributed by atoms with E-state index in [2.05, 4.69) is 33.3 Å². The Hall–Kier alpha value is -2.96. The van der Waals surface area contributed by atoms with Crippen LogP contribution in [0.1, 0.15) is 51.9 Å². The number of aryl methyl sites for hydroxylation is 2. The van der Waals surface area contributed by atoms with Crippen LogP contribution in [0.3, 0.4) is 0 Å². The second kappa shape index (κ2) is 7.34. The van der Waals surface area contributed by atoms with Gasteiger partial charge in [0.25, 0.3) is 5.91 Å². The lowest BCUT2D eigenvalue weighted by molar-refractivity contribution is 0.0711. The lowest BCUT2D eigenvalue weighted by Crippen LogP contribution is -2.38. The number of aromatic nitrogens is 5. The maximum atomic E-state index is 12.8. The van der Waals surface area contributed by atoms with Gasteiger partial charge in [-0.05, 0) is 50.5 Å². The number of hydrogen-bond donors (Lipinski definition) is 1. The molecular weight excluding hydrogens is 340 g/mol. The molecule has 0 aliphatic carbocycles. The van der Waals surface area contributed by atoms with Crippen molar-refractivity contribution in [2.24, 2.45) is 0 Å². The van der Waals surface area contributed by atoms with Gasteiger partial charge in [0.15, 0.2) is 0 Å². The summed E-state index contributed by atoms with van der Waals surface area (Å²) in [4.78, 5) is 19.0. The number of benzene rings is 1. The average Bonchev–Trinajstić information content (AvgIpc) is 3.32. The second-order valence-electron chi connectivity index (χ2n) is 7.22. The molecule has 0 spiro atoms. The van der Waals surface area contributed by atoms with Crippen molar-refractivity contribution in [2.45, 2.75) is 39.2 Å². The smallest absolute Gasteiger partial charge is 0.253 e. The van der Waals surface area contributed by atoms with Crippen molar-refractivity contribution >= 4 is 5.91 Å². The molecule has 27 heavy (non-hydrogen) atoms. The highest BCUT2D eigenvalue weighted by atomic mass is 16.2. The number of piperidine rings is 1. The van der Waals surface area contributed by atoms with Crippen LogP contribution in [0.5, 0.6) is 0 Å². The highest BCUT2D eigenvalue weighted by Crippen LogP contribution is 2.26. The molecule has 7 nitrogen and oxygen atoms in total. The number of aromatic amines is 1. The maximum Gasteiger partial charge on any atom is 0.253 e. The van der Waals surface area contributed by atoms with Crippen LogP contribution in [-0.4, -0.2) is 48.9 Å². The summed E-state index contributed by atoms with van der Waals surface area (Å²) < 4.78 is 1.99. The van der Waals surface area contributed by atoms with Gasteiger partial charge >= 0.3 is 0 Å². The molecule has 1 N–H and O–H groups in total. The van der Waals surface area contributed by atoms with Crippen molar-refractivity contribution in [2.75, 3.05) is 13.1 Å². The zero-order valence-electron chi connectivity index (χ0n) is 15.7. The minimum Gasteiger partial charge on any atom is -0.339 e. The molecule has 1 aliphatic heterocycles. The lowest BCUT2D eigenvalue weighted by atomic mass is 9.95. The molecule has 7 heteroatoms. The van der Waals surface area contributed by atoms with Crippen molar-refractivity contribution in [3.05, 3.63) is 65.0 Å². The molecule has 0 saturated carbocycles. The summed E-state index contributed by atoms with van der Waals surface area (Å²) in [5.74, 6) is 1.39. The first-order valence-electron chi connectivity index (χ1n) is 9.34. The van der Waals surface area contributed by atoms with Gasteiger partial charge in [-0.15, -0.1) is 0 Å². The van der Waals surface area contributed by atoms with Gasteiger partial charge in [0.05, 0.1) is 12.2 Å². The van der Waals surface area contributed by atoms with Crippen LogP contribution in [0, 0.1) is 13.8 Å². The Balaban J connectivity index is 1.37. The van der Waals surface area contributed by atoms with E-state index in [-0.39, 0.29) is 5.91 Å². The van der Waals surface area contributed by atoms with Gasteiger partial charge in [-0.2, -0.15) is 10.2 Å². The third-order valence-corrected chi connectivity index (χ3v) is 5.24. The van der Waals surface area contributed by atoms with E-state index in [1.165, 1.54) is 0 Å². The second-order valence-corrected chi connectivity index (χ2v) is 7.22. The quantitative estimate of drug-likeness (QED) is 0.772. The van der Waals surface area contributed by atoms with Crippen molar-refractivity contribution in [3.8, 4) is 0 Å². The predicted octanol–water partition coefficient (Wildman–Crippen LogP) is 2.69. The summed E-state index contributed by atoms with van der Waals surface area (Å²) in [6.07, 6.45) is 3.37. The first-order chi connectivity index (χ1) is 13.1. The zero-order valence-corrected chi connectivity index (χ0v) is 15.7. The molecule has 0 atom stereocenters. The van der Waals surface area contributed by atoms with Crippen LogP contribution in [0.2, 0.25) is 0 Å². The molecule has 4 rings (SSSR count). The van der Waals surface area contributed by atoms with Gasteiger partial charge in [0.2, 0.25) is 0 Å². The van der Waals surface area contributed by atoms with Gasteiger partial charge < -0.3 is 4.90 Å². The summed E-state index contributed by atoms with van der Waals surface area (Å²) >= 11 is 0. The van der Waals surface area contributed by atoms with Gasteiger partial charge in [-0.25, -0.2) is 4.98 Å². The van der Waals surface area contributed by atoms with Crippen LogP contribution in [0.15, 0.2) is 36.7 Å². The van der Waals surface area contributed by atoms with Crippen LogP contribution in [-0.2, 0) is 6.54 Å². The Kier molecular flexibility index (Phi) is 4.75. The Morgan fingerprint density at radius 1 is 1.19 bits per heavy atom.